The van der Waals surface area contributed by atoms with Crippen LogP contribution < -0.4 is 4.74 Å². The highest BCUT2D eigenvalue weighted by Crippen LogP contribution is 2.26. The Balaban J connectivity index is 1.72. The monoisotopic (exact) mass is 385 g/mol. The summed E-state index contributed by atoms with van der Waals surface area (Å²) in [5, 5.41) is 8.05. The first kappa shape index (κ1) is 20.4. The number of hydrogen-bond acceptors (Lipinski definition) is 5. The number of fused-ring (bicyclic) bond motifs is 1. The van der Waals surface area contributed by atoms with Gasteiger partial charge in [0.05, 0.1) is 6.54 Å². The molecule has 0 unspecified atom stereocenters. The van der Waals surface area contributed by atoms with Crippen LogP contribution in [0.15, 0.2) is 22.6 Å². The number of aromatic nitrogens is 2. The van der Waals surface area contributed by atoms with E-state index in [2.05, 4.69) is 22.3 Å². The number of hydrogen-bond donors (Lipinski definition) is 0. The minimum absolute atomic E-state index is 0.00524. The standard InChI is InChI=1S/C22H31N3O3/c1-5-19(27-18-12-11-16-9-7-8-10-17(16)13-18)22(26)25(15(3)4)14-21-24-23-20(6-2)28-21/h11-13,15,19H,5-10,14H2,1-4H3/t19-/m0/s1. The van der Waals surface area contributed by atoms with Crippen LogP contribution in [0.3, 0.4) is 0 Å². The third-order valence-electron chi connectivity index (χ3n) is 5.27. The first-order chi connectivity index (χ1) is 13.5. The third-order valence-corrected chi connectivity index (χ3v) is 5.27. The maximum atomic E-state index is 13.2. The topological polar surface area (TPSA) is 68.5 Å². The number of nitrogens with zero attached hydrogens (tertiary/aromatic N) is 3. The van der Waals surface area contributed by atoms with Crippen molar-refractivity contribution in [2.24, 2.45) is 0 Å². The van der Waals surface area contributed by atoms with Crippen molar-refractivity contribution in [1.29, 1.82) is 0 Å². The highest BCUT2D eigenvalue weighted by molar-refractivity contribution is 5.81. The van der Waals surface area contributed by atoms with Crippen LogP contribution in [0, 0.1) is 0 Å². The summed E-state index contributed by atoms with van der Waals surface area (Å²) >= 11 is 0. The molecule has 1 aliphatic rings. The molecule has 1 amide bonds. The minimum atomic E-state index is -0.530. The Morgan fingerprint density at radius 1 is 1.14 bits per heavy atom. The average molecular weight is 386 g/mol. The number of aryl methyl sites for hydroxylation is 3. The van der Waals surface area contributed by atoms with Gasteiger partial charge in [0, 0.05) is 12.5 Å². The van der Waals surface area contributed by atoms with Crippen molar-refractivity contribution in [2.75, 3.05) is 0 Å². The number of rotatable bonds is 8. The normalized spacial score (nSPS) is 14.6. The van der Waals surface area contributed by atoms with Crippen molar-refractivity contribution < 1.29 is 13.9 Å². The molecule has 1 aromatic heterocycles. The van der Waals surface area contributed by atoms with Crippen LogP contribution in [-0.2, 0) is 30.6 Å². The third kappa shape index (κ3) is 4.72. The summed E-state index contributed by atoms with van der Waals surface area (Å²) in [6, 6.07) is 6.25. The van der Waals surface area contributed by atoms with E-state index in [4.69, 9.17) is 9.15 Å². The number of amides is 1. The van der Waals surface area contributed by atoms with E-state index in [1.165, 1.54) is 24.0 Å². The van der Waals surface area contributed by atoms with Gasteiger partial charge in [-0.3, -0.25) is 4.79 Å². The van der Waals surface area contributed by atoms with Gasteiger partial charge in [0.15, 0.2) is 6.10 Å². The summed E-state index contributed by atoms with van der Waals surface area (Å²) in [5.41, 5.74) is 2.76. The Morgan fingerprint density at radius 3 is 2.50 bits per heavy atom. The van der Waals surface area contributed by atoms with E-state index in [0.717, 1.165) is 18.6 Å². The predicted molar refractivity (Wildman–Crippen MR) is 107 cm³/mol. The van der Waals surface area contributed by atoms with Gasteiger partial charge in [-0.2, -0.15) is 0 Å². The Labute approximate surface area is 167 Å². The maximum Gasteiger partial charge on any atom is 0.264 e. The summed E-state index contributed by atoms with van der Waals surface area (Å²) in [6.07, 6.45) is 5.45. The van der Waals surface area contributed by atoms with E-state index in [9.17, 15) is 4.79 Å². The van der Waals surface area contributed by atoms with E-state index in [0.29, 0.717) is 31.2 Å². The molecule has 152 valence electrons. The van der Waals surface area contributed by atoms with E-state index < -0.39 is 6.10 Å². The highest BCUT2D eigenvalue weighted by Gasteiger charge is 2.28. The number of benzene rings is 1. The SMILES string of the molecule is CCc1nnc(CN(C(=O)[C@H](CC)Oc2ccc3c(c2)CCCC3)C(C)C)o1. The van der Waals surface area contributed by atoms with Crippen LogP contribution in [-0.4, -0.2) is 33.2 Å². The molecule has 6 heteroatoms. The fourth-order valence-electron chi connectivity index (χ4n) is 3.60. The lowest BCUT2D eigenvalue weighted by molar-refractivity contribution is -0.141. The Bertz CT molecular complexity index is 800. The predicted octanol–water partition coefficient (Wildman–Crippen LogP) is 4.11. The molecule has 0 radical (unpaired) electrons. The highest BCUT2D eigenvalue weighted by atomic mass is 16.5. The average Bonchev–Trinajstić information content (AvgIpc) is 3.17. The fraction of sp³-hybridized carbons (Fsp3) is 0.591. The van der Waals surface area contributed by atoms with Crippen LogP contribution in [0.5, 0.6) is 5.75 Å². The Kier molecular flexibility index (Phi) is 6.70. The van der Waals surface area contributed by atoms with Gasteiger partial charge in [-0.05, 0) is 69.2 Å². The zero-order valence-electron chi connectivity index (χ0n) is 17.4. The van der Waals surface area contributed by atoms with E-state index in [1.54, 1.807) is 4.90 Å². The lowest BCUT2D eigenvalue weighted by Gasteiger charge is -2.29. The molecular weight excluding hydrogens is 354 g/mol. The summed E-state index contributed by atoms with van der Waals surface area (Å²) in [7, 11) is 0. The van der Waals surface area contributed by atoms with Gasteiger partial charge in [-0.1, -0.05) is 19.9 Å². The molecule has 3 rings (SSSR count). The molecular formula is C22H31N3O3. The van der Waals surface area contributed by atoms with Crippen LogP contribution in [0.1, 0.15) is 69.9 Å². The van der Waals surface area contributed by atoms with Gasteiger partial charge in [-0.15, -0.1) is 10.2 Å². The molecule has 1 aliphatic carbocycles. The summed E-state index contributed by atoms with van der Waals surface area (Å²) in [5.74, 6) is 1.77. The Morgan fingerprint density at radius 2 is 1.86 bits per heavy atom. The van der Waals surface area contributed by atoms with Crippen molar-refractivity contribution in [3.63, 3.8) is 0 Å². The number of carbonyl (C=O) groups is 1. The van der Waals surface area contributed by atoms with Gasteiger partial charge in [0.25, 0.3) is 5.91 Å². The molecule has 0 spiro atoms. The second-order valence-electron chi connectivity index (χ2n) is 7.66. The molecule has 6 nitrogen and oxygen atoms in total. The van der Waals surface area contributed by atoms with Crippen LogP contribution >= 0.6 is 0 Å². The zero-order valence-corrected chi connectivity index (χ0v) is 17.4. The van der Waals surface area contributed by atoms with Gasteiger partial charge >= 0.3 is 0 Å². The number of carbonyl (C=O) groups excluding carboxylic acids is 1. The van der Waals surface area contributed by atoms with Gasteiger partial charge in [0.1, 0.15) is 5.75 Å². The van der Waals surface area contributed by atoms with E-state index in [1.807, 2.05) is 33.8 Å². The van der Waals surface area contributed by atoms with Crippen LogP contribution in [0.2, 0.25) is 0 Å². The molecule has 0 fully saturated rings. The van der Waals surface area contributed by atoms with Gasteiger partial charge < -0.3 is 14.1 Å². The molecule has 1 atom stereocenters. The molecule has 1 aromatic carbocycles. The summed E-state index contributed by atoms with van der Waals surface area (Å²) < 4.78 is 11.7. The molecule has 2 aromatic rings. The smallest absolute Gasteiger partial charge is 0.264 e. The molecule has 0 aliphatic heterocycles. The lowest BCUT2D eigenvalue weighted by atomic mass is 9.92. The molecule has 0 saturated heterocycles. The van der Waals surface area contributed by atoms with E-state index in [-0.39, 0.29) is 11.9 Å². The van der Waals surface area contributed by atoms with Crippen molar-refractivity contribution in [3.05, 3.63) is 41.1 Å². The quantitative estimate of drug-likeness (QED) is 0.684. The van der Waals surface area contributed by atoms with Gasteiger partial charge in [-0.25, -0.2) is 0 Å². The largest absolute Gasteiger partial charge is 0.481 e. The minimum Gasteiger partial charge on any atom is -0.481 e. The van der Waals surface area contributed by atoms with Crippen molar-refractivity contribution in [3.8, 4) is 5.75 Å². The Hall–Kier alpha value is -2.37. The second-order valence-corrected chi connectivity index (χ2v) is 7.66. The zero-order chi connectivity index (χ0) is 20.1. The first-order valence-corrected chi connectivity index (χ1v) is 10.4. The van der Waals surface area contributed by atoms with Gasteiger partial charge in [0.2, 0.25) is 11.8 Å². The molecule has 0 bridgehead atoms. The summed E-state index contributed by atoms with van der Waals surface area (Å²) in [6.45, 7) is 8.21. The summed E-state index contributed by atoms with van der Waals surface area (Å²) in [4.78, 5) is 15.0. The first-order valence-electron chi connectivity index (χ1n) is 10.4. The molecule has 0 saturated carbocycles. The van der Waals surface area contributed by atoms with Crippen molar-refractivity contribution in [1.82, 2.24) is 15.1 Å². The van der Waals surface area contributed by atoms with E-state index >= 15 is 0 Å². The van der Waals surface area contributed by atoms with Crippen molar-refractivity contribution in [2.45, 2.75) is 84.9 Å². The molecule has 1 heterocycles. The van der Waals surface area contributed by atoms with Crippen LogP contribution in [0.4, 0.5) is 0 Å². The van der Waals surface area contributed by atoms with Crippen molar-refractivity contribution >= 4 is 5.91 Å². The molecule has 0 N–H and O–H groups in total. The molecule has 28 heavy (non-hydrogen) atoms. The van der Waals surface area contributed by atoms with Crippen LogP contribution in [0.25, 0.3) is 0 Å². The maximum absolute atomic E-state index is 13.2. The fourth-order valence-corrected chi connectivity index (χ4v) is 3.60. The lowest BCUT2D eigenvalue weighted by Crippen LogP contribution is -2.45. The number of ether oxygens (including phenoxy) is 1. The second kappa shape index (κ2) is 9.22.